The van der Waals surface area contributed by atoms with Crippen LogP contribution in [-0.2, 0) is 9.84 Å². The normalized spacial score (nSPS) is 18.7. The first-order valence-electron chi connectivity index (χ1n) is 7.24. The molecule has 6 heteroatoms. The highest BCUT2D eigenvalue weighted by Gasteiger charge is 2.21. The van der Waals surface area contributed by atoms with Crippen molar-refractivity contribution in [1.82, 2.24) is 10.2 Å². The molecule has 0 aromatic heterocycles. The van der Waals surface area contributed by atoms with Gasteiger partial charge in [0.2, 0.25) is 0 Å². The lowest BCUT2D eigenvalue weighted by Gasteiger charge is -2.24. The lowest BCUT2D eigenvalue weighted by Crippen LogP contribution is -2.41. The molecule has 0 radical (unpaired) electrons. The van der Waals surface area contributed by atoms with Gasteiger partial charge < -0.3 is 10.2 Å². The Labute approximate surface area is 126 Å². The Morgan fingerprint density at radius 3 is 2.48 bits per heavy atom. The number of hydrogen-bond donors (Lipinski definition) is 1. The van der Waals surface area contributed by atoms with Crippen molar-refractivity contribution in [3.8, 4) is 0 Å². The second-order valence-electron chi connectivity index (χ2n) is 5.43. The summed E-state index contributed by atoms with van der Waals surface area (Å²) >= 11 is 0. The van der Waals surface area contributed by atoms with E-state index in [0.29, 0.717) is 24.7 Å². The van der Waals surface area contributed by atoms with Crippen molar-refractivity contribution >= 4 is 15.7 Å². The third-order valence-electron chi connectivity index (χ3n) is 3.80. The van der Waals surface area contributed by atoms with E-state index in [1.807, 2.05) is 6.92 Å². The third-order valence-corrected chi connectivity index (χ3v) is 4.93. The third kappa shape index (κ3) is 4.04. The second-order valence-corrected chi connectivity index (χ2v) is 7.45. The maximum atomic E-state index is 12.5. The molecule has 116 valence electrons. The summed E-state index contributed by atoms with van der Waals surface area (Å²) < 4.78 is 22.9. The highest BCUT2D eigenvalue weighted by molar-refractivity contribution is 7.90. The van der Waals surface area contributed by atoms with Crippen molar-refractivity contribution in [3.05, 3.63) is 29.8 Å². The number of carbonyl (C=O) groups is 1. The summed E-state index contributed by atoms with van der Waals surface area (Å²) in [6.07, 6.45) is 3.41. The average Bonchev–Trinajstić information content (AvgIpc) is 2.96. The molecule has 1 aliphatic heterocycles. The smallest absolute Gasteiger partial charge is 0.253 e. The first-order valence-corrected chi connectivity index (χ1v) is 9.13. The zero-order valence-corrected chi connectivity index (χ0v) is 13.3. The van der Waals surface area contributed by atoms with E-state index < -0.39 is 9.84 Å². The molecular weight excluding hydrogens is 288 g/mol. The van der Waals surface area contributed by atoms with Crippen LogP contribution in [0.15, 0.2) is 29.2 Å². The first kappa shape index (κ1) is 16.0. The minimum Gasteiger partial charge on any atom is -0.337 e. The highest BCUT2D eigenvalue weighted by Crippen LogP contribution is 2.14. The summed E-state index contributed by atoms with van der Waals surface area (Å²) in [5.41, 5.74) is 0.530. The van der Waals surface area contributed by atoms with E-state index in [2.05, 4.69) is 5.32 Å². The molecule has 1 aromatic carbocycles. The summed E-state index contributed by atoms with van der Waals surface area (Å²) in [5, 5.41) is 3.38. The Kier molecular flexibility index (Phi) is 5.00. The van der Waals surface area contributed by atoms with E-state index in [1.165, 1.54) is 12.1 Å². The van der Waals surface area contributed by atoms with Crippen LogP contribution in [0.3, 0.4) is 0 Å². The molecule has 1 amide bonds. The lowest BCUT2D eigenvalue weighted by molar-refractivity contribution is 0.0751. The fraction of sp³-hybridized carbons (Fsp3) is 0.533. The number of hydrogen-bond acceptors (Lipinski definition) is 4. The molecule has 2 rings (SSSR count). The van der Waals surface area contributed by atoms with Crippen LogP contribution in [0.4, 0.5) is 0 Å². The van der Waals surface area contributed by atoms with Gasteiger partial charge in [-0.2, -0.15) is 0 Å². The molecule has 0 saturated carbocycles. The van der Waals surface area contributed by atoms with Crippen molar-refractivity contribution in [1.29, 1.82) is 0 Å². The molecule has 21 heavy (non-hydrogen) atoms. The monoisotopic (exact) mass is 310 g/mol. The Morgan fingerprint density at radius 2 is 2.00 bits per heavy atom. The Hall–Kier alpha value is -1.40. The molecule has 1 atom stereocenters. The minimum absolute atomic E-state index is 0.0498. The second kappa shape index (κ2) is 6.58. The maximum Gasteiger partial charge on any atom is 0.253 e. The van der Waals surface area contributed by atoms with Crippen LogP contribution in [0.5, 0.6) is 0 Å². The van der Waals surface area contributed by atoms with Gasteiger partial charge in [0.15, 0.2) is 9.84 Å². The molecule has 1 fully saturated rings. The number of carbonyl (C=O) groups excluding carboxylic acids is 1. The number of likely N-dealkylation sites (N-methyl/N-ethyl adjacent to an activating group) is 1. The summed E-state index contributed by atoms with van der Waals surface area (Å²) in [6, 6.07) is 6.52. The van der Waals surface area contributed by atoms with Gasteiger partial charge in [0.05, 0.1) is 4.90 Å². The molecular formula is C15H22N2O3S. The van der Waals surface area contributed by atoms with Gasteiger partial charge in [-0.15, -0.1) is 0 Å². The SMILES string of the molecule is CCN(CC1CCCN1)C(=O)c1ccc(S(C)(=O)=O)cc1. The molecule has 0 bridgehead atoms. The fourth-order valence-electron chi connectivity index (χ4n) is 2.56. The summed E-state index contributed by atoms with van der Waals surface area (Å²) in [5.74, 6) is -0.0498. The van der Waals surface area contributed by atoms with Crippen LogP contribution >= 0.6 is 0 Å². The molecule has 1 N–H and O–H groups in total. The Balaban J connectivity index is 2.09. The predicted molar refractivity (Wildman–Crippen MR) is 82.2 cm³/mol. The van der Waals surface area contributed by atoms with Crippen LogP contribution in [0.1, 0.15) is 30.1 Å². The van der Waals surface area contributed by atoms with Crippen molar-refractivity contribution in [3.63, 3.8) is 0 Å². The Morgan fingerprint density at radius 1 is 1.33 bits per heavy atom. The van der Waals surface area contributed by atoms with Gasteiger partial charge in [-0.05, 0) is 50.6 Å². The topological polar surface area (TPSA) is 66.5 Å². The van der Waals surface area contributed by atoms with Crippen molar-refractivity contribution in [2.24, 2.45) is 0 Å². The van der Waals surface area contributed by atoms with Gasteiger partial charge in [-0.1, -0.05) is 0 Å². The number of sulfone groups is 1. The molecule has 5 nitrogen and oxygen atoms in total. The number of rotatable bonds is 5. The van der Waals surface area contributed by atoms with Crippen LogP contribution in [0.2, 0.25) is 0 Å². The van der Waals surface area contributed by atoms with Crippen molar-refractivity contribution < 1.29 is 13.2 Å². The van der Waals surface area contributed by atoms with Crippen molar-refractivity contribution in [2.45, 2.75) is 30.7 Å². The van der Waals surface area contributed by atoms with E-state index in [1.54, 1.807) is 17.0 Å². The summed E-state index contributed by atoms with van der Waals surface area (Å²) in [6.45, 7) is 4.31. The van der Waals surface area contributed by atoms with Crippen LogP contribution in [-0.4, -0.2) is 51.2 Å². The first-order chi connectivity index (χ1) is 9.91. The fourth-order valence-corrected chi connectivity index (χ4v) is 3.19. The van der Waals surface area contributed by atoms with Crippen LogP contribution in [0.25, 0.3) is 0 Å². The van der Waals surface area contributed by atoms with Gasteiger partial charge in [-0.25, -0.2) is 8.42 Å². The van der Waals surface area contributed by atoms with Crippen LogP contribution < -0.4 is 5.32 Å². The molecule has 1 aromatic rings. The molecule has 1 unspecified atom stereocenters. The van der Waals surface area contributed by atoms with Crippen LogP contribution in [0, 0.1) is 0 Å². The molecule has 1 saturated heterocycles. The van der Waals surface area contributed by atoms with Gasteiger partial charge in [-0.3, -0.25) is 4.79 Å². The number of benzene rings is 1. The van der Waals surface area contributed by atoms with E-state index in [9.17, 15) is 13.2 Å². The zero-order chi connectivity index (χ0) is 15.5. The zero-order valence-electron chi connectivity index (χ0n) is 12.5. The predicted octanol–water partition coefficient (Wildman–Crippen LogP) is 1.30. The number of nitrogens with one attached hydrogen (secondary N) is 1. The van der Waals surface area contributed by atoms with Gasteiger partial charge >= 0.3 is 0 Å². The van der Waals surface area contributed by atoms with E-state index in [-0.39, 0.29) is 10.8 Å². The van der Waals surface area contributed by atoms with E-state index >= 15 is 0 Å². The van der Waals surface area contributed by atoms with Crippen molar-refractivity contribution in [2.75, 3.05) is 25.9 Å². The molecule has 1 aliphatic rings. The summed E-state index contributed by atoms with van der Waals surface area (Å²) in [4.78, 5) is 14.5. The Bertz CT molecular complexity index is 590. The standard InChI is InChI=1S/C15H22N2O3S/c1-3-17(11-13-5-4-10-16-13)15(18)12-6-8-14(9-7-12)21(2,19)20/h6-9,13,16H,3-5,10-11H2,1-2H3. The van der Waals surface area contributed by atoms with Gasteiger partial charge in [0.25, 0.3) is 5.91 Å². The van der Waals surface area contributed by atoms with E-state index in [0.717, 1.165) is 25.6 Å². The highest BCUT2D eigenvalue weighted by atomic mass is 32.2. The maximum absolute atomic E-state index is 12.5. The quantitative estimate of drug-likeness (QED) is 0.890. The average molecular weight is 310 g/mol. The molecule has 0 spiro atoms. The van der Waals surface area contributed by atoms with Gasteiger partial charge in [0.1, 0.15) is 0 Å². The number of nitrogens with zero attached hydrogens (tertiary/aromatic N) is 1. The molecule has 0 aliphatic carbocycles. The summed E-state index contributed by atoms with van der Waals surface area (Å²) in [7, 11) is -3.22. The molecule has 1 heterocycles. The number of amides is 1. The van der Waals surface area contributed by atoms with Gasteiger partial charge in [0, 0.05) is 31.0 Å². The van der Waals surface area contributed by atoms with E-state index in [4.69, 9.17) is 0 Å². The largest absolute Gasteiger partial charge is 0.337 e. The lowest BCUT2D eigenvalue weighted by atomic mass is 10.1. The minimum atomic E-state index is -3.22.